The Kier molecular flexibility index (Phi) is 4.95. The SMILES string of the molecule is CC1CCN(C(=O)c2cnn(-c3cccc(Cl)c3)c2C(C)C)CC1. The molecule has 1 amide bonds. The van der Waals surface area contributed by atoms with E-state index < -0.39 is 0 Å². The lowest BCUT2D eigenvalue weighted by atomic mass is 9.98. The van der Waals surface area contributed by atoms with Gasteiger partial charge in [-0.2, -0.15) is 5.10 Å². The van der Waals surface area contributed by atoms with Crippen LogP contribution in [0.1, 0.15) is 55.6 Å². The molecule has 1 saturated heterocycles. The third-order valence-corrected chi connectivity index (χ3v) is 4.94. The van der Waals surface area contributed by atoms with Crippen molar-refractivity contribution in [3.05, 3.63) is 46.7 Å². The number of piperidine rings is 1. The van der Waals surface area contributed by atoms with Crippen LogP contribution in [0.25, 0.3) is 5.69 Å². The van der Waals surface area contributed by atoms with Crippen molar-refractivity contribution in [2.45, 2.75) is 39.5 Å². The summed E-state index contributed by atoms with van der Waals surface area (Å²) in [5.41, 5.74) is 2.54. The molecule has 5 heteroatoms. The van der Waals surface area contributed by atoms with E-state index in [0.29, 0.717) is 16.5 Å². The molecule has 1 aliphatic heterocycles. The number of aromatic nitrogens is 2. The number of nitrogens with zero attached hydrogens (tertiary/aromatic N) is 3. The van der Waals surface area contributed by atoms with E-state index in [2.05, 4.69) is 25.9 Å². The van der Waals surface area contributed by atoms with Crippen LogP contribution < -0.4 is 0 Å². The van der Waals surface area contributed by atoms with E-state index in [1.54, 1.807) is 6.20 Å². The van der Waals surface area contributed by atoms with Gasteiger partial charge < -0.3 is 4.90 Å². The van der Waals surface area contributed by atoms with Crippen molar-refractivity contribution in [1.29, 1.82) is 0 Å². The minimum Gasteiger partial charge on any atom is -0.339 e. The van der Waals surface area contributed by atoms with E-state index in [0.717, 1.165) is 37.3 Å². The van der Waals surface area contributed by atoms with Crippen LogP contribution in [0.2, 0.25) is 5.02 Å². The summed E-state index contributed by atoms with van der Waals surface area (Å²) in [5.74, 6) is 0.987. The Labute approximate surface area is 148 Å². The topological polar surface area (TPSA) is 38.1 Å². The Balaban J connectivity index is 1.96. The lowest BCUT2D eigenvalue weighted by molar-refractivity contribution is 0.0695. The van der Waals surface area contributed by atoms with Crippen LogP contribution in [-0.4, -0.2) is 33.7 Å². The zero-order chi connectivity index (χ0) is 17.3. The molecule has 1 fully saturated rings. The van der Waals surface area contributed by atoms with Gasteiger partial charge in [-0.15, -0.1) is 0 Å². The van der Waals surface area contributed by atoms with Crippen molar-refractivity contribution in [3.63, 3.8) is 0 Å². The summed E-state index contributed by atoms with van der Waals surface area (Å²) in [7, 11) is 0. The second-order valence-corrected chi connectivity index (χ2v) is 7.40. The highest BCUT2D eigenvalue weighted by Crippen LogP contribution is 2.27. The van der Waals surface area contributed by atoms with E-state index in [1.807, 2.05) is 33.8 Å². The van der Waals surface area contributed by atoms with Gasteiger partial charge in [0.1, 0.15) is 0 Å². The highest BCUT2D eigenvalue weighted by Gasteiger charge is 2.27. The number of carbonyl (C=O) groups is 1. The molecule has 0 unspecified atom stereocenters. The van der Waals surface area contributed by atoms with Gasteiger partial charge in [0, 0.05) is 18.1 Å². The fraction of sp³-hybridized carbons (Fsp3) is 0.474. The summed E-state index contributed by atoms with van der Waals surface area (Å²) in [6.07, 6.45) is 3.85. The van der Waals surface area contributed by atoms with Gasteiger partial charge in [-0.3, -0.25) is 4.79 Å². The molecular formula is C19H24ClN3O. The second-order valence-electron chi connectivity index (χ2n) is 6.96. The van der Waals surface area contributed by atoms with E-state index in [-0.39, 0.29) is 11.8 Å². The smallest absolute Gasteiger partial charge is 0.257 e. The van der Waals surface area contributed by atoms with Crippen molar-refractivity contribution in [1.82, 2.24) is 14.7 Å². The highest BCUT2D eigenvalue weighted by atomic mass is 35.5. The molecule has 0 atom stereocenters. The Hall–Kier alpha value is -1.81. The minimum absolute atomic E-state index is 0.0962. The molecule has 1 aliphatic rings. The third kappa shape index (κ3) is 3.34. The Morgan fingerprint density at radius 2 is 2.00 bits per heavy atom. The van der Waals surface area contributed by atoms with Crippen LogP contribution in [0.15, 0.2) is 30.5 Å². The summed E-state index contributed by atoms with van der Waals surface area (Å²) in [6, 6.07) is 7.57. The molecule has 1 aromatic heterocycles. The van der Waals surface area contributed by atoms with Crippen LogP contribution in [0.5, 0.6) is 0 Å². The van der Waals surface area contributed by atoms with Gasteiger partial charge in [0.15, 0.2) is 0 Å². The van der Waals surface area contributed by atoms with Gasteiger partial charge in [0.2, 0.25) is 0 Å². The zero-order valence-electron chi connectivity index (χ0n) is 14.5. The zero-order valence-corrected chi connectivity index (χ0v) is 15.3. The first-order chi connectivity index (χ1) is 11.5. The van der Waals surface area contributed by atoms with Crippen molar-refractivity contribution in [2.24, 2.45) is 5.92 Å². The first-order valence-corrected chi connectivity index (χ1v) is 8.98. The van der Waals surface area contributed by atoms with Gasteiger partial charge in [0.25, 0.3) is 5.91 Å². The summed E-state index contributed by atoms with van der Waals surface area (Å²) >= 11 is 6.12. The molecular weight excluding hydrogens is 322 g/mol. The molecule has 0 radical (unpaired) electrons. The summed E-state index contributed by atoms with van der Waals surface area (Å²) in [5, 5.41) is 5.15. The van der Waals surface area contributed by atoms with Crippen molar-refractivity contribution >= 4 is 17.5 Å². The van der Waals surface area contributed by atoms with Gasteiger partial charge in [0.05, 0.1) is 23.1 Å². The quantitative estimate of drug-likeness (QED) is 0.820. The standard InChI is InChI=1S/C19H24ClN3O/c1-13(2)18-17(19(24)22-9-7-14(3)8-10-22)12-21-23(18)16-6-4-5-15(20)11-16/h4-6,11-14H,7-10H2,1-3H3. The molecule has 3 rings (SSSR count). The fourth-order valence-corrected chi connectivity index (χ4v) is 3.46. The highest BCUT2D eigenvalue weighted by molar-refractivity contribution is 6.30. The van der Waals surface area contributed by atoms with E-state index in [9.17, 15) is 4.79 Å². The minimum atomic E-state index is 0.0962. The fourth-order valence-electron chi connectivity index (χ4n) is 3.27. The molecule has 0 spiro atoms. The average molecular weight is 346 g/mol. The predicted octanol–water partition coefficient (Wildman–Crippen LogP) is 4.52. The lowest BCUT2D eigenvalue weighted by Gasteiger charge is -2.30. The number of likely N-dealkylation sites (tertiary alicyclic amines) is 1. The Morgan fingerprint density at radius 1 is 1.29 bits per heavy atom. The average Bonchev–Trinajstić information content (AvgIpc) is 3.00. The molecule has 1 aromatic carbocycles. The maximum absolute atomic E-state index is 13.0. The molecule has 0 bridgehead atoms. The molecule has 4 nitrogen and oxygen atoms in total. The van der Waals surface area contributed by atoms with Crippen LogP contribution in [0.4, 0.5) is 0 Å². The van der Waals surface area contributed by atoms with Gasteiger partial charge in [-0.05, 0) is 42.9 Å². The van der Waals surface area contributed by atoms with Crippen molar-refractivity contribution in [3.8, 4) is 5.69 Å². The monoisotopic (exact) mass is 345 g/mol. The number of amides is 1. The second kappa shape index (κ2) is 6.98. The Morgan fingerprint density at radius 3 is 2.62 bits per heavy atom. The first-order valence-electron chi connectivity index (χ1n) is 8.60. The van der Waals surface area contributed by atoms with E-state index in [4.69, 9.17) is 11.6 Å². The Bertz CT molecular complexity index is 730. The van der Waals surface area contributed by atoms with Crippen molar-refractivity contribution < 1.29 is 4.79 Å². The predicted molar refractivity (Wildman–Crippen MR) is 97.0 cm³/mol. The first kappa shape index (κ1) is 17.0. The molecule has 128 valence electrons. The van der Waals surface area contributed by atoms with E-state index >= 15 is 0 Å². The summed E-state index contributed by atoms with van der Waals surface area (Å²) < 4.78 is 1.84. The molecule has 2 heterocycles. The van der Waals surface area contributed by atoms with Crippen LogP contribution in [0, 0.1) is 5.92 Å². The number of rotatable bonds is 3. The molecule has 0 saturated carbocycles. The number of halogens is 1. The molecule has 2 aromatic rings. The van der Waals surface area contributed by atoms with E-state index in [1.165, 1.54) is 0 Å². The molecule has 0 N–H and O–H groups in total. The van der Waals surface area contributed by atoms with Gasteiger partial charge >= 0.3 is 0 Å². The third-order valence-electron chi connectivity index (χ3n) is 4.71. The number of hydrogen-bond donors (Lipinski definition) is 0. The maximum atomic E-state index is 13.0. The lowest BCUT2D eigenvalue weighted by Crippen LogP contribution is -2.38. The summed E-state index contributed by atoms with van der Waals surface area (Å²) in [4.78, 5) is 15.0. The summed E-state index contributed by atoms with van der Waals surface area (Å²) in [6.45, 7) is 8.10. The number of carbonyl (C=O) groups excluding carboxylic acids is 1. The van der Waals surface area contributed by atoms with Crippen LogP contribution >= 0.6 is 11.6 Å². The largest absolute Gasteiger partial charge is 0.339 e. The molecule has 0 aliphatic carbocycles. The maximum Gasteiger partial charge on any atom is 0.257 e. The van der Waals surface area contributed by atoms with Gasteiger partial charge in [-0.1, -0.05) is 38.4 Å². The number of benzene rings is 1. The normalized spacial score (nSPS) is 16.0. The van der Waals surface area contributed by atoms with Gasteiger partial charge in [-0.25, -0.2) is 4.68 Å². The van der Waals surface area contributed by atoms with Crippen molar-refractivity contribution in [2.75, 3.05) is 13.1 Å². The van der Waals surface area contributed by atoms with Crippen LogP contribution in [0.3, 0.4) is 0 Å². The number of hydrogen-bond acceptors (Lipinski definition) is 2. The van der Waals surface area contributed by atoms with Crippen LogP contribution in [-0.2, 0) is 0 Å². The molecule has 24 heavy (non-hydrogen) atoms.